The number of rotatable bonds is 5. The van der Waals surface area contributed by atoms with E-state index in [9.17, 15) is 14.9 Å². The summed E-state index contributed by atoms with van der Waals surface area (Å²) in [4.78, 5) is 22.0. The Morgan fingerprint density at radius 2 is 2.19 bits per heavy atom. The highest BCUT2D eigenvalue weighted by atomic mass is 16.6. The zero-order chi connectivity index (χ0) is 15.4. The molecule has 0 bridgehead atoms. The quantitative estimate of drug-likeness (QED) is 0.674. The van der Waals surface area contributed by atoms with Gasteiger partial charge < -0.3 is 9.84 Å². The molecule has 1 N–H and O–H groups in total. The molecule has 7 nitrogen and oxygen atoms in total. The number of benzene rings is 1. The highest BCUT2D eigenvalue weighted by molar-refractivity contribution is 5.91. The Kier molecular flexibility index (Phi) is 4.32. The smallest absolute Gasteiger partial charge is 0.271 e. The number of carbonyl (C=O) groups is 1. The van der Waals surface area contributed by atoms with Gasteiger partial charge in [0.2, 0.25) is 5.91 Å². The Morgan fingerprint density at radius 3 is 2.81 bits per heavy atom. The summed E-state index contributed by atoms with van der Waals surface area (Å²) < 4.78 is 5.03. The maximum absolute atomic E-state index is 11.9. The van der Waals surface area contributed by atoms with Crippen molar-refractivity contribution in [2.45, 2.75) is 26.7 Å². The summed E-state index contributed by atoms with van der Waals surface area (Å²) in [6, 6.07) is 5.84. The number of hydrogen-bond donors (Lipinski definition) is 1. The van der Waals surface area contributed by atoms with Gasteiger partial charge in [0.15, 0.2) is 0 Å². The maximum atomic E-state index is 11.9. The molecule has 0 atom stereocenters. The number of hydrogen-bond acceptors (Lipinski definition) is 5. The second kappa shape index (κ2) is 6.17. The van der Waals surface area contributed by atoms with E-state index in [1.54, 1.807) is 13.0 Å². The first-order chi connectivity index (χ1) is 9.97. The van der Waals surface area contributed by atoms with E-state index in [0.717, 1.165) is 11.3 Å². The van der Waals surface area contributed by atoms with Gasteiger partial charge in [-0.3, -0.25) is 14.9 Å². The van der Waals surface area contributed by atoms with Crippen LogP contribution in [-0.4, -0.2) is 16.0 Å². The van der Waals surface area contributed by atoms with Crippen molar-refractivity contribution in [1.82, 2.24) is 5.16 Å². The van der Waals surface area contributed by atoms with Gasteiger partial charge >= 0.3 is 0 Å². The molecule has 0 saturated heterocycles. The molecule has 2 aromatic rings. The van der Waals surface area contributed by atoms with Crippen LogP contribution in [0.25, 0.3) is 0 Å². The fraction of sp³-hybridized carbons (Fsp3) is 0.286. The van der Waals surface area contributed by atoms with E-state index in [1.165, 1.54) is 18.2 Å². The van der Waals surface area contributed by atoms with Crippen LogP contribution >= 0.6 is 0 Å². The van der Waals surface area contributed by atoms with Gasteiger partial charge in [-0.1, -0.05) is 11.2 Å². The lowest BCUT2D eigenvalue weighted by Crippen LogP contribution is -2.12. The molecule has 1 aromatic heterocycles. The monoisotopic (exact) mass is 289 g/mol. The number of carbonyl (C=O) groups excluding carboxylic acids is 1. The lowest BCUT2D eigenvalue weighted by atomic mass is 10.1. The van der Waals surface area contributed by atoms with Crippen LogP contribution in [0.1, 0.15) is 23.4 Å². The Balaban J connectivity index is 1.96. The second-order valence-corrected chi connectivity index (χ2v) is 4.66. The van der Waals surface area contributed by atoms with Crippen LogP contribution in [0.2, 0.25) is 0 Å². The van der Waals surface area contributed by atoms with Gasteiger partial charge in [-0.25, -0.2) is 0 Å². The first kappa shape index (κ1) is 14.7. The van der Waals surface area contributed by atoms with E-state index in [2.05, 4.69) is 10.5 Å². The van der Waals surface area contributed by atoms with Crippen molar-refractivity contribution in [2.24, 2.45) is 0 Å². The summed E-state index contributed by atoms with van der Waals surface area (Å²) in [5.74, 6) is 0.492. The van der Waals surface area contributed by atoms with Crippen molar-refractivity contribution >= 4 is 17.3 Å². The fourth-order valence-corrected chi connectivity index (χ4v) is 2.02. The minimum atomic E-state index is -0.500. The molecular weight excluding hydrogens is 274 g/mol. The molecule has 7 heteroatoms. The molecule has 21 heavy (non-hydrogen) atoms. The Bertz CT molecular complexity index is 659. The van der Waals surface area contributed by atoms with E-state index in [4.69, 9.17) is 4.52 Å². The SMILES string of the molecule is Cc1noc(C)c1CCC(=O)Nc1cccc([N+](=O)[O-])c1. The second-order valence-electron chi connectivity index (χ2n) is 4.66. The minimum absolute atomic E-state index is 0.0569. The lowest BCUT2D eigenvalue weighted by Gasteiger charge is -2.05. The third-order valence-electron chi connectivity index (χ3n) is 3.12. The van der Waals surface area contributed by atoms with Gasteiger partial charge in [-0.15, -0.1) is 0 Å². The maximum Gasteiger partial charge on any atom is 0.271 e. The van der Waals surface area contributed by atoms with Crippen LogP contribution < -0.4 is 5.32 Å². The van der Waals surface area contributed by atoms with E-state index in [1.807, 2.05) is 6.92 Å². The number of aryl methyl sites for hydroxylation is 2. The number of non-ortho nitro benzene ring substituents is 1. The van der Waals surface area contributed by atoms with E-state index >= 15 is 0 Å². The van der Waals surface area contributed by atoms with Crippen molar-refractivity contribution in [1.29, 1.82) is 0 Å². The topological polar surface area (TPSA) is 98.3 Å². The predicted octanol–water partition coefficient (Wildman–Crippen LogP) is 2.77. The standard InChI is InChI=1S/C14H15N3O4/c1-9-13(10(2)21-16-9)6-7-14(18)15-11-4-3-5-12(8-11)17(19)20/h3-5,8H,6-7H2,1-2H3,(H,15,18). The Labute approximate surface area is 121 Å². The van der Waals surface area contributed by atoms with Crippen molar-refractivity contribution in [3.63, 3.8) is 0 Å². The van der Waals surface area contributed by atoms with Crippen molar-refractivity contribution < 1.29 is 14.2 Å². The largest absolute Gasteiger partial charge is 0.361 e. The molecule has 0 aliphatic heterocycles. The molecule has 0 unspecified atom stereocenters. The highest BCUT2D eigenvalue weighted by Crippen LogP contribution is 2.18. The average molecular weight is 289 g/mol. The summed E-state index contributed by atoms with van der Waals surface area (Å²) in [6.45, 7) is 3.62. The number of nitrogens with one attached hydrogen (secondary N) is 1. The average Bonchev–Trinajstić information content (AvgIpc) is 2.76. The van der Waals surface area contributed by atoms with Crippen LogP contribution in [0.15, 0.2) is 28.8 Å². The fourth-order valence-electron chi connectivity index (χ4n) is 2.02. The summed E-state index contributed by atoms with van der Waals surface area (Å²) in [5, 5.41) is 17.1. The molecule has 0 saturated carbocycles. The van der Waals surface area contributed by atoms with Crippen molar-refractivity contribution in [3.05, 3.63) is 51.4 Å². The third kappa shape index (κ3) is 3.65. The zero-order valence-corrected chi connectivity index (χ0v) is 11.8. The molecule has 1 amide bonds. The number of nitrogens with zero attached hydrogens (tertiary/aromatic N) is 2. The molecule has 0 radical (unpaired) electrons. The van der Waals surface area contributed by atoms with Gasteiger partial charge in [0, 0.05) is 29.8 Å². The summed E-state index contributed by atoms with van der Waals surface area (Å²) in [6.07, 6.45) is 0.771. The summed E-state index contributed by atoms with van der Waals surface area (Å²) in [5.41, 5.74) is 2.05. The van der Waals surface area contributed by atoms with Crippen LogP contribution in [-0.2, 0) is 11.2 Å². The number of anilines is 1. The summed E-state index contributed by atoms with van der Waals surface area (Å²) >= 11 is 0. The molecule has 0 spiro atoms. The van der Waals surface area contributed by atoms with E-state index < -0.39 is 4.92 Å². The number of nitro benzene ring substituents is 1. The molecule has 0 aliphatic rings. The molecule has 1 heterocycles. The van der Waals surface area contributed by atoms with Gasteiger partial charge in [0.1, 0.15) is 5.76 Å². The van der Waals surface area contributed by atoms with Crippen LogP contribution in [0.3, 0.4) is 0 Å². The number of amides is 1. The molecule has 110 valence electrons. The van der Waals surface area contributed by atoms with Gasteiger partial charge in [-0.2, -0.15) is 0 Å². The van der Waals surface area contributed by atoms with E-state index in [0.29, 0.717) is 17.9 Å². The molecule has 2 rings (SSSR count). The van der Waals surface area contributed by atoms with Crippen LogP contribution in [0.5, 0.6) is 0 Å². The van der Waals surface area contributed by atoms with Crippen molar-refractivity contribution in [3.8, 4) is 0 Å². The van der Waals surface area contributed by atoms with Gasteiger partial charge in [0.25, 0.3) is 5.69 Å². The van der Waals surface area contributed by atoms with Crippen molar-refractivity contribution in [2.75, 3.05) is 5.32 Å². The lowest BCUT2D eigenvalue weighted by molar-refractivity contribution is -0.384. The first-order valence-electron chi connectivity index (χ1n) is 6.43. The highest BCUT2D eigenvalue weighted by Gasteiger charge is 2.12. The Morgan fingerprint density at radius 1 is 1.43 bits per heavy atom. The van der Waals surface area contributed by atoms with E-state index in [-0.39, 0.29) is 18.0 Å². The molecular formula is C14H15N3O4. The van der Waals surface area contributed by atoms with Crippen LogP contribution in [0.4, 0.5) is 11.4 Å². The first-order valence-corrected chi connectivity index (χ1v) is 6.43. The van der Waals surface area contributed by atoms with Gasteiger partial charge in [0.05, 0.1) is 10.6 Å². The van der Waals surface area contributed by atoms with Crippen LogP contribution in [0, 0.1) is 24.0 Å². The zero-order valence-electron chi connectivity index (χ0n) is 11.8. The predicted molar refractivity (Wildman–Crippen MR) is 76.0 cm³/mol. The Hall–Kier alpha value is -2.70. The number of nitro groups is 1. The summed E-state index contributed by atoms with van der Waals surface area (Å²) in [7, 11) is 0. The van der Waals surface area contributed by atoms with Gasteiger partial charge in [-0.05, 0) is 26.3 Å². The minimum Gasteiger partial charge on any atom is -0.361 e. The normalized spacial score (nSPS) is 10.4. The number of aromatic nitrogens is 1. The molecule has 0 aliphatic carbocycles. The molecule has 0 fully saturated rings. The third-order valence-corrected chi connectivity index (χ3v) is 3.12. The molecule has 1 aromatic carbocycles.